The minimum atomic E-state index is -0.404. The van der Waals surface area contributed by atoms with E-state index in [0.717, 1.165) is 11.3 Å². The summed E-state index contributed by atoms with van der Waals surface area (Å²) in [7, 11) is 1.78. The van der Waals surface area contributed by atoms with Crippen molar-refractivity contribution in [1.29, 1.82) is 0 Å². The van der Waals surface area contributed by atoms with Gasteiger partial charge in [-0.1, -0.05) is 26.8 Å². The number of nitrogens with one attached hydrogen (secondary N) is 3. The van der Waals surface area contributed by atoms with Crippen LogP contribution in [0.1, 0.15) is 41.0 Å². The third kappa shape index (κ3) is 9.19. The summed E-state index contributed by atoms with van der Waals surface area (Å²) in [6, 6.07) is 5.73. The lowest BCUT2D eigenvalue weighted by atomic mass is 9.82. The van der Waals surface area contributed by atoms with Gasteiger partial charge in [0.1, 0.15) is 5.82 Å². The maximum Gasteiger partial charge on any atom is 0.279 e. The van der Waals surface area contributed by atoms with Gasteiger partial charge >= 0.3 is 0 Å². The molecule has 5 nitrogen and oxygen atoms in total. The average Bonchev–Trinajstić information content (AvgIpc) is 2.33. The Hall–Kier alpha value is -1.95. The van der Waals surface area contributed by atoms with Crippen LogP contribution in [0, 0.1) is 11.2 Å². The van der Waals surface area contributed by atoms with Gasteiger partial charge in [-0.15, -0.1) is 0 Å². The zero-order chi connectivity index (χ0) is 19.3. The van der Waals surface area contributed by atoms with E-state index < -0.39 is 5.82 Å². The van der Waals surface area contributed by atoms with Gasteiger partial charge in [-0.05, 0) is 43.9 Å². The van der Waals surface area contributed by atoms with Gasteiger partial charge in [-0.2, -0.15) is 0 Å². The lowest BCUT2D eigenvalue weighted by molar-refractivity contribution is -0.862. The van der Waals surface area contributed by atoms with E-state index in [0.29, 0.717) is 5.69 Å². The molecule has 140 valence electrons. The third-order valence-electron chi connectivity index (χ3n) is 3.48. The summed E-state index contributed by atoms with van der Waals surface area (Å²) in [6.45, 7) is 10.7. The summed E-state index contributed by atoms with van der Waals surface area (Å²) >= 11 is 0. The molecule has 0 aliphatic carbocycles. The fraction of sp³-hybridized carbons (Fsp3) is 0.579. The zero-order valence-electron chi connectivity index (χ0n) is 16.1. The Morgan fingerprint density at radius 3 is 2.24 bits per heavy atom. The number of halogens is 1. The van der Waals surface area contributed by atoms with Crippen molar-refractivity contribution in [2.45, 2.75) is 46.6 Å². The summed E-state index contributed by atoms with van der Waals surface area (Å²) in [6.07, 6.45) is 0.852. The molecule has 3 N–H and O–H groups in total. The predicted molar refractivity (Wildman–Crippen MR) is 97.9 cm³/mol. The van der Waals surface area contributed by atoms with E-state index >= 15 is 0 Å². The molecule has 0 saturated heterocycles. The monoisotopic (exact) mass is 352 g/mol. The van der Waals surface area contributed by atoms with Crippen LogP contribution >= 0.6 is 0 Å². The summed E-state index contributed by atoms with van der Waals surface area (Å²) in [5.74, 6) is -0.755. The Balaban J connectivity index is 2.46. The maximum atomic E-state index is 13.1. The molecular formula is C19H31FN3O2+. The molecule has 1 atom stereocenters. The number of likely N-dealkylation sites (N-methyl/N-ethyl adjacent to an activating group) is 1. The second-order valence-corrected chi connectivity index (χ2v) is 8.54. The average molecular weight is 352 g/mol. The van der Waals surface area contributed by atoms with Gasteiger partial charge in [0.15, 0.2) is 13.1 Å². The van der Waals surface area contributed by atoms with Gasteiger partial charge in [0, 0.05) is 11.2 Å². The van der Waals surface area contributed by atoms with Crippen molar-refractivity contribution in [3.05, 3.63) is 30.1 Å². The number of anilines is 1. The predicted octanol–water partition coefficient (Wildman–Crippen LogP) is 1.61. The van der Waals surface area contributed by atoms with E-state index in [4.69, 9.17) is 0 Å². The minimum absolute atomic E-state index is 0.0923. The van der Waals surface area contributed by atoms with Gasteiger partial charge in [0.05, 0.1) is 7.05 Å². The van der Waals surface area contributed by atoms with Crippen LogP contribution in [0.3, 0.4) is 0 Å². The molecule has 0 fully saturated rings. The van der Waals surface area contributed by atoms with Crippen LogP contribution in [0.5, 0.6) is 0 Å². The maximum absolute atomic E-state index is 13.1. The Labute approximate surface area is 150 Å². The summed E-state index contributed by atoms with van der Waals surface area (Å²) < 4.78 is 13.1. The number of carbonyl (C=O) groups excluding carboxylic acids is 2. The van der Waals surface area contributed by atoms with Crippen molar-refractivity contribution < 1.29 is 18.9 Å². The number of rotatable bonds is 7. The van der Waals surface area contributed by atoms with Gasteiger partial charge in [0.2, 0.25) is 0 Å². The lowest BCUT2D eigenvalue weighted by Gasteiger charge is -2.33. The van der Waals surface area contributed by atoms with E-state index in [1.54, 1.807) is 13.1 Å². The highest BCUT2D eigenvalue weighted by Gasteiger charge is 2.28. The standard InChI is InChI=1S/C19H30FN3O2/c1-18(2,3)13-19(4,5)22-17(25)12-23(6)11-16(24)21-15-9-7-8-14(20)10-15/h7-10H,11-13H2,1-6H3,(H,21,24)(H,22,25)/p+1. The molecule has 1 unspecified atom stereocenters. The number of amides is 2. The highest BCUT2D eigenvalue weighted by molar-refractivity contribution is 5.91. The Kier molecular flexibility index (Phi) is 7.11. The SMILES string of the molecule is C[NH+](CC(=O)Nc1cccc(F)c1)CC(=O)NC(C)(C)CC(C)(C)C. The van der Waals surface area contributed by atoms with Gasteiger partial charge in [-0.3, -0.25) is 9.59 Å². The number of quaternary nitrogens is 1. The van der Waals surface area contributed by atoms with Crippen LogP contribution in [0.25, 0.3) is 0 Å². The molecule has 6 heteroatoms. The van der Waals surface area contributed by atoms with Gasteiger partial charge in [-0.25, -0.2) is 4.39 Å². The first-order valence-corrected chi connectivity index (χ1v) is 8.54. The third-order valence-corrected chi connectivity index (χ3v) is 3.48. The number of carbonyl (C=O) groups is 2. The largest absolute Gasteiger partial charge is 0.346 e. The molecule has 0 bridgehead atoms. The molecule has 0 heterocycles. The van der Waals surface area contributed by atoms with E-state index in [2.05, 4.69) is 31.4 Å². The van der Waals surface area contributed by atoms with Crippen molar-refractivity contribution >= 4 is 17.5 Å². The van der Waals surface area contributed by atoms with E-state index in [1.807, 2.05) is 13.8 Å². The van der Waals surface area contributed by atoms with Crippen LogP contribution in [0.4, 0.5) is 10.1 Å². The van der Waals surface area contributed by atoms with Crippen molar-refractivity contribution in [2.75, 3.05) is 25.5 Å². The molecule has 0 saturated carbocycles. The molecule has 0 aliphatic rings. The molecule has 1 rings (SSSR count). The van der Waals surface area contributed by atoms with Crippen molar-refractivity contribution in [3.8, 4) is 0 Å². The minimum Gasteiger partial charge on any atom is -0.346 e. The van der Waals surface area contributed by atoms with Crippen LogP contribution < -0.4 is 15.5 Å². The number of hydrogen-bond acceptors (Lipinski definition) is 2. The van der Waals surface area contributed by atoms with E-state index in [-0.39, 0.29) is 35.9 Å². The first-order valence-electron chi connectivity index (χ1n) is 8.54. The quantitative estimate of drug-likeness (QED) is 0.698. The normalized spacial score (nSPS) is 13.2. The zero-order valence-corrected chi connectivity index (χ0v) is 16.1. The summed E-state index contributed by atoms with van der Waals surface area (Å²) in [4.78, 5) is 25.0. The van der Waals surface area contributed by atoms with Gasteiger partial charge in [0.25, 0.3) is 11.8 Å². The Morgan fingerprint density at radius 1 is 1.08 bits per heavy atom. The Bertz CT molecular complexity index is 609. The fourth-order valence-corrected chi connectivity index (χ4v) is 3.17. The molecule has 0 radical (unpaired) electrons. The first kappa shape index (κ1) is 21.1. The Morgan fingerprint density at radius 2 is 1.68 bits per heavy atom. The lowest BCUT2D eigenvalue weighted by Crippen LogP contribution is -3.11. The molecule has 2 amide bonds. The van der Waals surface area contributed by atoms with Crippen molar-refractivity contribution in [2.24, 2.45) is 5.41 Å². The van der Waals surface area contributed by atoms with E-state index in [1.165, 1.54) is 18.2 Å². The summed E-state index contributed by atoms with van der Waals surface area (Å²) in [5.41, 5.74) is 0.216. The molecule has 0 aliphatic heterocycles. The molecule has 1 aromatic rings. The van der Waals surface area contributed by atoms with Gasteiger partial charge < -0.3 is 15.5 Å². The van der Waals surface area contributed by atoms with E-state index in [9.17, 15) is 14.0 Å². The van der Waals surface area contributed by atoms with Crippen LogP contribution in [0.2, 0.25) is 0 Å². The number of benzene rings is 1. The molecule has 1 aromatic carbocycles. The fourth-order valence-electron chi connectivity index (χ4n) is 3.17. The highest BCUT2D eigenvalue weighted by atomic mass is 19.1. The topological polar surface area (TPSA) is 62.6 Å². The van der Waals surface area contributed by atoms with Crippen LogP contribution in [0.15, 0.2) is 24.3 Å². The molecular weight excluding hydrogens is 321 g/mol. The summed E-state index contributed by atoms with van der Waals surface area (Å²) in [5, 5.41) is 5.67. The first-order chi connectivity index (χ1) is 11.4. The molecule has 25 heavy (non-hydrogen) atoms. The highest BCUT2D eigenvalue weighted by Crippen LogP contribution is 2.26. The molecule has 0 spiro atoms. The molecule has 0 aromatic heterocycles. The van der Waals surface area contributed by atoms with Crippen LogP contribution in [-0.4, -0.2) is 37.5 Å². The van der Waals surface area contributed by atoms with Crippen molar-refractivity contribution in [3.63, 3.8) is 0 Å². The second kappa shape index (κ2) is 8.43. The second-order valence-electron chi connectivity index (χ2n) is 8.54. The van der Waals surface area contributed by atoms with Crippen molar-refractivity contribution in [1.82, 2.24) is 5.32 Å². The number of hydrogen-bond donors (Lipinski definition) is 3. The smallest absolute Gasteiger partial charge is 0.279 e. The van der Waals surface area contributed by atoms with Crippen LogP contribution in [-0.2, 0) is 9.59 Å².